The molecule has 1 saturated heterocycles. The van der Waals surface area contributed by atoms with Gasteiger partial charge < -0.3 is 10.2 Å². The molecule has 0 bridgehead atoms. The summed E-state index contributed by atoms with van der Waals surface area (Å²) in [6.45, 7) is 2.02. The van der Waals surface area contributed by atoms with Gasteiger partial charge in [-0.15, -0.1) is 0 Å². The van der Waals surface area contributed by atoms with Crippen LogP contribution in [0.4, 0.5) is 24.5 Å². The maximum atomic E-state index is 12.7. The molecule has 25 heavy (non-hydrogen) atoms. The number of anilines is 2. The molecule has 0 radical (unpaired) electrons. The van der Waals surface area contributed by atoms with Gasteiger partial charge in [0.1, 0.15) is 0 Å². The van der Waals surface area contributed by atoms with Crippen molar-refractivity contribution in [1.29, 1.82) is 0 Å². The second-order valence-electron chi connectivity index (χ2n) is 6.13. The average molecular weight is 348 g/mol. The zero-order chi connectivity index (χ0) is 17.9. The molecule has 1 N–H and O–H groups in total. The Bertz CT molecular complexity index is 735. The Morgan fingerprint density at radius 3 is 2.28 bits per heavy atom. The molecule has 1 fully saturated rings. The van der Waals surface area contributed by atoms with Crippen molar-refractivity contribution < 1.29 is 18.0 Å². The number of hydrogen-bond acceptors (Lipinski definition) is 2. The number of amides is 1. The Morgan fingerprint density at radius 1 is 0.960 bits per heavy atom. The van der Waals surface area contributed by atoms with Crippen LogP contribution in [0.1, 0.15) is 35.2 Å². The first-order valence-corrected chi connectivity index (χ1v) is 8.27. The van der Waals surface area contributed by atoms with Crippen molar-refractivity contribution in [2.45, 2.75) is 25.4 Å². The van der Waals surface area contributed by atoms with Gasteiger partial charge in [0.25, 0.3) is 5.91 Å². The zero-order valence-electron chi connectivity index (χ0n) is 13.6. The second kappa shape index (κ2) is 7.17. The topological polar surface area (TPSA) is 32.3 Å². The van der Waals surface area contributed by atoms with E-state index < -0.39 is 17.6 Å². The molecule has 2 aromatic rings. The Balaban J connectivity index is 1.69. The molecule has 3 rings (SSSR count). The Kier molecular flexibility index (Phi) is 4.97. The summed E-state index contributed by atoms with van der Waals surface area (Å²) >= 11 is 0. The van der Waals surface area contributed by atoms with Crippen molar-refractivity contribution in [3.63, 3.8) is 0 Å². The molecule has 132 valence electrons. The van der Waals surface area contributed by atoms with E-state index in [2.05, 4.69) is 10.2 Å². The lowest BCUT2D eigenvalue weighted by atomic mass is 10.1. The summed E-state index contributed by atoms with van der Waals surface area (Å²) in [4.78, 5) is 14.5. The number of carbonyl (C=O) groups is 1. The van der Waals surface area contributed by atoms with E-state index in [1.165, 1.54) is 18.6 Å². The largest absolute Gasteiger partial charge is 0.416 e. The Labute approximate surface area is 144 Å². The molecular weight excluding hydrogens is 329 g/mol. The van der Waals surface area contributed by atoms with Crippen LogP contribution in [-0.4, -0.2) is 19.0 Å². The van der Waals surface area contributed by atoms with Crippen LogP contribution >= 0.6 is 0 Å². The molecule has 1 heterocycles. The van der Waals surface area contributed by atoms with Crippen molar-refractivity contribution in [1.82, 2.24) is 0 Å². The first-order valence-electron chi connectivity index (χ1n) is 8.27. The number of hydrogen-bond donors (Lipinski definition) is 1. The highest BCUT2D eigenvalue weighted by atomic mass is 19.4. The van der Waals surface area contributed by atoms with E-state index in [-0.39, 0.29) is 5.69 Å². The standard InChI is InChI=1S/C19H19F3N2O/c20-19(21,22)15-5-4-6-16(13-15)23-18(25)14-7-9-17(10-8-14)24-11-2-1-3-12-24/h4-10,13H,1-3,11-12H2,(H,23,25). The number of piperidine rings is 1. The first kappa shape index (κ1) is 17.3. The fourth-order valence-electron chi connectivity index (χ4n) is 2.95. The van der Waals surface area contributed by atoms with E-state index in [1.807, 2.05) is 12.1 Å². The lowest BCUT2D eigenvalue weighted by Crippen LogP contribution is -2.29. The number of rotatable bonds is 3. The molecule has 1 aliphatic rings. The molecule has 2 aromatic carbocycles. The van der Waals surface area contributed by atoms with Crippen molar-refractivity contribution in [3.05, 3.63) is 59.7 Å². The molecule has 0 unspecified atom stereocenters. The van der Waals surface area contributed by atoms with E-state index >= 15 is 0 Å². The summed E-state index contributed by atoms with van der Waals surface area (Å²) < 4.78 is 38.2. The number of halogens is 3. The lowest BCUT2D eigenvalue weighted by Gasteiger charge is -2.28. The molecule has 0 atom stereocenters. The molecule has 3 nitrogen and oxygen atoms in total. The van der Waals surface area contributed by atoms with Gasteiger partial charge in [-0.05, 0) is 61.7 Å². The molecule has 0 aromatic heterocycles. The molecular formula is C19H19F3N2O. The van der Waals surface area contributed by atoms with E-state index in [0.717, 1.165) is 43.8 Å². The van der Waals surface area contributed by atoms with Gasteiger partial charge in [0.05, 0.1) is 5.56 Å². The molecule has 6 heteroatoms. The van der Waals surface area contributed by atoms with Crippen molar-refractivity contribution in [2.24, 2.45) is 0 Å². The zero-order valence-corrected chi connectivity index (χ0v) is 13.6. The van der Waals surface area contributed by atoms with Gasteiger partial charge in [-0.1, -0.05) is 6.07 Å². The van der Waals surface area contributed by atoms with Crippen molar-refractivity contribution in [3.8, 4) is 0 Å². The summed E-state index contributed by atoms with van der Waals surface area (Å²) in [6.07, 6.45) is -0.861. The maximum absolute atomic E-state index is 12.7. The third-order valence-corrected chi connectivity index (χ3v) is 4.30. The average Bonchev–Trinajstić information content (AvgIpc) is 2.62. The van der Waals surface area contributed by atoms with Crippen LogP contribution in [0.15, 0.2) is 48.5 Å². The van der Waals surface area contributed by atoms with E-state index in [9.17, 15) is 18.0 Å². The highest BCUT2D eigenvalue weighted by Gasteiger charge is 2.30. The van der Waals surface area contributed by atoms with Crippen LogP contribution in [0.3, 0.4) is 0 Å². The summed E-state index contributed by atoms with van der Waals surface area (Å²) in [6, 6.07) is 11.8. The van der Waals surface area contributed by atoms with Gasteiger partial charge in [-0.3, -0.25) is 4.79 Å². The summed E-state index contributed by atoms with van der Waals surface area (Å²) in [5, 5.41) is 2.52. The molecule has 0 saturated carbocycles. The monoisotopic (exact) mass is 348 g/mol. The lowest BCUT2D eigenvalue weighted by molar-refractivity contribution is -0.137. The predicted octanol–water partition coefficient (Wildman–Crippen LogP) is 4.95. The summed E-state index contributed by atoms with van der Waals surface area (Å²) in [5.41, 5.74) is 0.819. The normalized spacial score (nSPS) is 15.1. The number of nitrogens with one attached hydrogen (secondary N) is 1. The van der Waals surface area contributed by atoms with Gasteiger partial charge >= 0.3 is 6.18 Å². The highest BCUT2D eigenvalue weighted by molar-refractivity contribution is 6.04. The summed E-state index contributed by atoms with van der Waals surface area (Å²) in [7, 11) is 0. The smallest absolute Gasteiger partial charge is 0.372 e. The van der Waals surface area contributed by atoms with Crippen LogP contribution < -0.4 is 10.2 Å². The first-order chi connectivity index (χ1) is 11.9. The van der Waals surface area contributed by atoms with Crippen LogP contribution in [0.5, 0.6) is 0 Å². The quantitative estimate of drug-likeness (QED) is 0.851. The van der Waals surface area contributed by atoms with Gasteiger partial charge in [0, 0.05) is 30.0 Å². The molecule has 0 aliphatic carbocycles. The van der Waals surface area contributed by atoms with Crippen LogP contribution in [-0.2, 0) is 6.18 Å². The van der Waals surface area contributed by atoms with Crippen LogP contribution in [0.2, 0.25) is 0 Å². The fraction of sp³-hybridized carbons (Fsp3) is 0.316. The summed E-state index contributed by atoms with van der Waals surface area (Å²) in [5.74, 6) is -0.426. The third-order valence-electron chi connectivity index (χ3n) is 4.30. The van der Waals surface area contributed by atoms with E-state index in [0.29, 0.717) is 5.56 Å². The Hall–Kier alpha value is -2.50. The number of carbonyl (C=O) groups excluding carboxylic acids is 1. The molecule has 0 spiro atoms. The minimum Gasteiger partial charge on any atom is -0.372 e. The molecule has 1 amide bonds. The minimum absolute atomic E-state index is 0.125. The predicted molar refractivity (Wildman–Crippen MR) is 91.9 cm³/mol. The van der Waals surface area contributed by atoms with E-state index in [4.69, 9.17) is 0 Å². The van der Waals surface area contributed by atoms with Gasteiger partial charge in [-0.25, -0.2) is 0 Å². The number of alkyl halides is 3. The number of nitrogens with zero attached hydrogens (tertiary/aromatic N) is 1. The van der Waals surface area contributed by atoms with Crippen LogP contribution in [0, 0.1) is 0 Å². The number of benzene rings is 2. The second-order valence-corrected chi connectivity index (χ2v) is 6.13. The SMILES string of the molecule is O=C(Nc1cccc(C(F)(F)F)c1)c1ccc(N2CCCCC2)cc1. The minimum atomic E-state index is -4.43. The maximum Gasteiger partial charge on any atom is 0.416 e. The fourth-order valence-corrected chi connectivity index (χ4v) is 2.95. The van der Waals surface area contributed by atoms with Gasteiger partial charge in [0.15, 0.2) is 0 Å². The van der Waals surface area contributed by atoms with Crippen molar-refractivity contribution in [2.75, 3.05) is 23.3 Å². The van der Waals surface area contributed by atoms with Gasteiger partial charge in [0.2, 0.25) is 0 Å². The van der Waals surface area contributed by atoms with Crippen LogP contribution in [0.25, 0.3) is 0 Å². The van der Waals surface area contributed by atoms with Gasteiger partial charge in [-0.2, -0.15) is 13.2 Å². The van der Waals surface area contributed by atoms with Crippen molar-refractivity contribution >= 4 is 17.3 Å². The molecule has 1 aliphatic heterocycles. The Morgan fingerprint density at radius 2 is 1.64 bits per heavy atom. The third kappa shape index (κ3) is 4.32. The highest BCUT2D eigenvalue weighted by Crippen LogP contribution is 2.30. The van der Waals surface area contributed by atoms with E-state index in [1.54, 1.807) is 12.1 Å².